The van der Waals surface area contributed by atoms with Crippen molar-refractivity contribution in [2.75, 3.05) is 4.90 Å². The second-order valence-corrected chi connectivity index (χ2v) is 14.6. The molecule has 292 valence electrons. The Hall–Kier alpha value is -4.37. The molecule has 0 aromatic heterocycles. The molecule has 1 nitrogen and oxygen atoms in total. The van der Waals surface area contributed by atoms with E-state index in [-0.39, 0.29) is 39.7 Å². The first-order valence-electron chi connectivity index (χ1n) is 18.7. The van der Waals surface area contributed by atoms with Crippen molar-refractivity contribution < 1.29 is 23.3 Å². The molecule has 2 aliphatic rings. The van der Waals surface area contributed by atoms with Crippen LogP contribution in [0.15, 0.2) is 181 Å². The van der Waals surface area contributed by atoms with Crippen LogP contribution in [-0.4, -0.2) is 12.9 Å². The summed E-state index contributed by atoms with van der Waals surface area (Å²) in [4.78, 5) is 2.44. The summed E-state index contributed by atoms with van der Waals surface area (Å²) < 4.78 is 0. The Bertz CT molecular complexity index is 2780. The fourth-order valence-electron chi connectivity index (χ4n) is 8.21. The van der Waals surface area contributed by atoms with Crippen LogP contribution in [0.2, 0.25) is 0 Å². The van der Waals surface area contributed by atoms with Crippen LogP contribution in [0.4, 0.5) is 5.69 Å². The molecule has 1 heterocycles. The number of anilines is 1. The van der Waals surface area contributed by atoms with E-state index in [2.05, 4.69) is 209 Å². The van der Waals surface area contributed by atoms with Crippen LogP contribution in [0, 0.1) is 33.8 Å². The van der Waals surface area contributed by atoms with Crippen molar-refractivity contribution in [3.63, 3.8) is 0 Å². The molecule has 8 aromatic carbocycles. The molecule has 1 atom stereocenters. The molecule has 10 rings (SSSR count). The molecule has 1 aliphatic carbocycles. The fourth-order valence-corrected chi connectivity index (χ4v) is 8.21. The van der Waals surface area contributed by atoms with Gasteiger partial charge in [0.15, 0.2) is 0 Å². The number of hydrogen-bond donors (Lipinski definition) is 0. The normalized spacial score (nSPS) is 13.7. The number of allylic oxidation sites excluding steroid dienone is 3. The van der Waals surface area contributed by atoms with E-state index < -0.39 is 0 Å². The van der Waals surface area contributed by atoms with E-state index in [0.717, 1.165) is 0 Å². The second-order valence-electron chi connectivity index (χ2n) is 14.6. The van der Waals surface area contributed by atoms with E-state index >= 15 is 0 Å². The minimum absolute atomic E-state index is 0. The van der Waals surface area contributed by atoms with Gasteiger partial charge in [-0.2, -0.15) is 6.07 Å². The molecule has 8 aromatic rings. The molecule has 0 saturated heterocycles. The molecule has 0 bridgehead atoms. The molecule has 0 fully saturated rings. The van der Waals surface area contributed by atoms with E-state index in [1.807, 2.05) is 0 Å². The van der Waals surface area contributed by atoms with E-state index in [1.165, 1.54) is 117 Å². The van der Waals surface area contributed by atoms with Gasteiger partial charge in [0.05, 0.1) is 0 Å². The number of halogens is 2. The quantitative estimate of drug-likeness (QED) is 0.126. The van der Waals surface area contributed by atoms with Crippen molar-refractivity contribution in [3.05, 3.63) is 207 Å². The molecule has 1 aliphatic heterocycles. The van der Waals surface area contributed by atoms with Crippen LogP contribution in [0.25, 0.3) is 65.3 Å². The van der Waals surface area contributed by atoms with Gasteiger partial charge < -0.3 is 19.8 Å². The molecule has 0 amide bonds. The monoisotopic (exact) mass is 887 g/mol. The van der Waals surface area contributed by atoms with Crippen molar-refractivity contribution in [2.24, 2.45) is 5.92 Å². The third-order valence-electron chi connectivity index (χ3n) is 10.7. The summed E-state index contributed by atoms with van der Waals surface area (Å²) in [5.74, 6) is 0.517. The van der Waals surface area contributed by atoms with Gasteiger partial charge in [-0.25, -0.2) is 0 Å². The number of fused-ring (bicyclic) bond motifs is 5. The summed E-state index contributed by atoms with van der Waals surface area (Å²) in [6.07, 6.45) is 8.20. The Balaban J connectivity index is 0.000000239. The molecule has 0 N–H and O–H groups in total. The first-order valence-corrected chi connectivity index (χ1v) is 22.9. The van der Waals surface area contributed by atoms with Crippen LogP contribution in [-0.2, 0) is 23.3 Å². The zero-order valence-electron chi connectivity index (χ0n) is 34.0. The van der Waals surface area contributed by atoms with Crippen molar-refractivity contribution in [2.45, 2.75) is 33.7 Å². The van der Waals surface area contributed by atoms with Crippen molar-refractivity contribution in [3.8, 4) is 22.3 Å². The van der Waals surface area contributed by atoms with Crippen LogP contribution in [0.5, 0.6) is 0 Å². The number of benzene rings is 7. The van der Waals surface area contributed by atoms with E-state index in [1.54, 1.807) is 0 Å². The van der Waals surface area contributed by atoms with Crippen molar-refractivity contribution >= 4 is 80.5 Å². The van der Waals surface area contributed by atoms with Crippen LogP contribution in [0.3, 0.4) is 0 Å². The Morgan fingerprint density at radius 1 is 0.621 bits per heavy atom. The van der Waals surface area contributed by atoms with Gasteiger partial charge in [0.1, 0.15) is 0 Å². The van der Waals surface area contributed by atoms with Gasteiger partial charge in [-0.1, -0.05) is 165 Å². The topological polar surface area (TPSA) is 3.24 Å². The summed E-state index contributed by atoms with van der Waals surface area (Å²) >= 11 is 1.36. The van der Waals surface area contributed by atoms with Crippen LogP contribution >= 0.6 is 24.8 Å². The minimum atomic E-state index is 0. The third kappa shape index (κ3) is 8.80. The molecule has 58 heavy (non-hydrogen) atoms. The predicted molar refractivity (Wildman–Crippen MR) is 257 cm³/mol. The summed E-state index contributed by atoms with van der Waals surface area (Å²) in [5, 5.41) is 10.4. The maximum atomic E-state index is 3.57. The first kappa shape index (κ1) is 46.3. The standard InChI is InChI=1S/C30H21.C21H20N.2CH3.2ClH.Si.Zr/c1-20-16-23-18-24(27-14-6-10-21-8-2-4-12-25(21)27)19-30(29(23)17-20)28-15-7-11-22-9-3-5-13-26(22)28;1-14(2)17-12-18-11-15(3)22(21(18)13-17)20-10-6-8-16-7-4-5-9-19(16)20;;;;;;/h2-19H,1H3;4-11,13-15H,1-3H3;2*1H3;2*1H;;/q4*-1;;;;. The zero-order valence-corrected chi connectivity index (χ0v) is 39.1. The van der Waals surface area contributed by atoms with Crippen molar-refractivity contribution in [1.82, 2.24) is 0 Å². The molecule has 5 heteroatoms. The van der Waals surface area contributed by atoms with Gasteiger partial charge in [-0.05, 0) is 57.0 Å². The number of hydrogen-bond acceptors (Lipinski definition) is 1. The summed E-state index contributed by atoms with van der Waals surface area (Å²) in [7, 11) is 0. The molecular weight excluding hydrogens is 841 g/mol. The Kier molecular flexibility index (Phi) is 16.0. The summed E-state index contributed by atoms with van der Waals surface area (Å²) in [6.45, 7) is 12.0. The Morgan fingerprint density at radius 3 is 1.76 bits per heavy atom. The van der Waals surface area contributed by atoms with E-state index in [4.69, 9.17) is 0 Å². The van der Waals surface area contributed by atoms with Crippen molar-refractivity contribution in [1.29, 1.82) is 0 Å². The molecule has 0 saturated carbocycles. The molecule has 2 radical (unpaired) electrons. The van der Waals surface area contributed by atoms with E-state index in [0.29, 0.717) is 12.0 Å². The number of rotatable bonds is 4. The first-order chi connectivity index (χ1) is 26.4. The summed E-state index contributed by atoms with van der Waals surface area (Å²) in [5.41, 5.74) is 11.6. The Labute approximate surface area is 374 Å². The van der Waals surface area contributed by atoms with Gasteiger partial charge in [-0.15, -0.1) is 82.7 Å². The fraction of sp³-hybridized carbons (Fsp3) is 0.113. The van der Waals surface area contributed by atoms with Crippen LogP contribution in [0.1, 0.15) is 26.3 Å². The predicted octanol–water partition coefficient (Wildman–Crippen LogP) is 15.1. The number of aryl methyl sites for hydroxylation is 1. The molecule has 1 unspecified atom stereocenters. The maximum absolute atomic E-state index is 3.57. The average molecular weight is 890 g/mol. The number of nitrogens with zero attached hydrogens (tertiary/aromatic N) is 1. The van der Waals surface area contributed by atoms with Gasteiger partial charge in [0.25, 0.3) is 0 Å². The summed E-state index contributed by atoms with van der Waals surface area (Å²) in [6, 6.07) is 55.4. The van der Waals surface area contributed by atoms with E-state index in [9.17, 15) is 0 Å². The van der Waals surface area contributed by atoms with Gasteiger partial charge in [-0.3, -0.25) is 0 Å². The second kappa shape index (κ2) is 20.1. The zero-order chi connectivity index (χ0) is 37.3. The van der Waals surface area contributed by atoms with Crippen LogP contribution < -0.4 is 4.90 Å². The van der Waals surface area contributed by atoms with Gasteiger partial charge in [0, 0.05) is 17.1 Å². The molecular formula is C53H49Cl2NSiZr-4. The SMILES string of the molecule is CC(C)C1=[C-]C2=CC(C)N(c3cccc4ccccc34)C2=C1.Cc1cc2c(-c3cccc4ccccc34)cc(-c3cccc4ccccc34)cc2[cH-]1.Cl.Cl.[CH3-].[CH3-].[Si]=[Zr]. The molecule has 0 spiro atoms. The Morgan fingerprint density at radius 2 is 1.14 bits per heavy atom. The third-order valence-corrected chi connectivity index (χ3v) is 10.7. The van der Waals surface area contributed by atoms with Gasteiger partial charge in [0.2, 0.25) is 0 Å². The van der Waals surface area contributed by atoms with Gasteiger partial charge >= 0.3 is 30.2 Å². The average Bonchev–Trinajstić information content (AvgIpc) is 3.89.